The Morgan fingerprint density at radius 2 is 2.18 bits per heavy atom. The fourth-order valence-corrected chi connectivity index (χ4v) is 0.828. The molecule has 0 heterocycles. The maximum Gasteiger partial charge on any atom is 0.302 e. The Bertz CT molecular complexity index is 142. The lowest BCUT2D eigenvalue weighted by molar-refractivity contribution is -0.147. The predicted octanol–water partition coefficient (Wildman–Crippen LogP) is 1.07. The van der Waals surface area contributed by atoms with E-state index in [1.807, 2.05) is 6.92 Å². The molecule has 2 unspecified atom stereocenters. The summed E-state index contributed by atoms with van der Waals surface area (Å²) in [5.41, 5.74) is 0. The van der Waals surface area contributed by atoms with Gasteiger partial charge in [0, 0.05) is 6.92 Å². The number of esters is 1. The molecule has 0 aliphatic carbocycles. The summed E-state index contributed by atoms with van der Waals surface area (Å²) in [5.74, 6) is -0.678. The van der Waals surface area contributed by atoms with Crippen LogP contribution in [0.1, 0.15) is 27.2 Å². The van der Waals surface area contributed by atoms with E-state index < -0.39 is 0 Å². The van der Waals surface area contributed by atoms with Gasteiger partial charge in [-0.15, -0.1) is 0 Å². The fraction of sp³-hybridized carbons (Fsp3) is 0.750. The van der Waals surface area contributed by atoms with Gasteiger partial charge in [-0.3, -0.25) is 9.59 Å². The number of carbonyl (C=O) groups excluding carboxylic acids is 2. The first-order valence-corrected chi connectivity index (χ1v) is 3.66. The zero-order valence-electron chi connectivity index (χ0n) is 7.09. The quantitative estimate of drug-likeness (QED) is 0.573. The average molecular weight is 157 g/mol. The topological polar surface area (TPSA) is 43.4 Å². The Morgan fingerprint density at radius 3 is 2.45 bits per heavy atom. The molecule has 1 radical (unpaired) electrons. The molecule has 3 nitrogen and oxygen atoms in total. The largest absolute Gasteiger partial charge is 0.462 e. The maximum atomic E-state index is 10.5. The summed E-state index contributed by atoms with van der Waals surface area (Å²) in [6, 6.07) is 0. The van der Waals surface area contributed by atoms with E-state index in [9.17, 15) is 9.59 Å². The summed E-state index contributed by atoms with van der Waals surface area (Å²) < 4.78 is 4.85. The lowest BCUT2D eigenvalue weighted by Crippen LogP contribution is -2.24. The molecule has 3 heteroatoms. The summed E-state index contributed by atoms with van der Waals surface area (Å²) in [7, 11) is 0. The minimum Gasteiger partial charge on any atom is -0.462 e. The van der Waals surface area contributed by atoms with E-state index in [1.54, 1.807) is 13.2 Å². The van der Waals surface area contributed by atoms with Crippen LogP contribution < -0.4 is 0 Å². The van der Waals surface area contributed by atoms with Crippen LogP contribution in [0.25, 0.3) is 0 Å². The van der Waals surface area contributed by atoms with Crippen LogP contribution >= 0.6 is 0 Å². The van der Waals surface area contributed by atoms with Crippen LogP contribution in [0.4, 0.5) is 0 Å². The van der Waals surface area contributed by atoms with Crippen LogP contribution in [0.2, 0.25) is 0 Å². The standard InChI is InChI=1S/C8H13O3/c1-4-8(6(2)5-9)11-7(3)10/h6,8H,4H2,1-3H3. The molecule has 0 aliphatic rings. The third kappa shape index (κ3) is 3.75. The Hall–Kier alpha value is -0.860. The van der Waals surface area contributed by atoms with Gasteiger partial charge in [0.05, 0.1) is 5.92 Å². The van der Waals surface area contributed by atoms with Crippen molar-refractivity contribution in [3.05, 3.63) is 0 Å². The number of hydrogen-bond donors (Lipinski definition) is 0. The van der Waals surface area contributed by atoms with Crippen LogP contribution in [0.5, 0.6) is 0 Å². The molecule has 0 saturated heterocycles. The second-order valence-electron chi connectivity index (χ2n) is 2.46. The molecule has 0 aromatic carbocycles. The molecule has 0 rings (SSSR count). The lowest BCUT2D eigenvalue weighted by Gasteiger charge is -2.16. The number of ether oxygens (including phenoxy) is 1. The SMILES string of the molecule is CCC(OC(C)=O)C(C)[C]=O. The number of carbonyl (C=O) groups is 1. The van der Waals surface area contributed by atoms with Crippen LogP contribution in [0.3, 0.4) is 0 Å². The molecule has 0 amide bonds. The highest BCUT2D eigenvalue weighted by atomic mass is 16.5. The van der Waals surface area contributed by atoms with Crippen molar-refractivity contribution in [2.75, 3.05) is 0 Å². The third-order valence-corrected chi connectivity index (χ3v) is 1.46. The highest BCUT2D eigenvalue weighted by Crippen LogP contribution is 2.08. The molecule has 0 fully saturated rings. The van der Waals surface area contributed by atoms with E-state index >= 15 is 0 Å². The van der Waals surface area contributed by atoms with Crippen LogP contribution in [0, 0.1) is 5.92 Å². The summed E-state index contributed by atoms with van der Waals surface area (Å²) in [6.07, 6.45) is 2.13. The van der Waals surface area contributed by atoms with Gasteiger partial charge in [-0.1, -0.05) is 13.8 Å². The van der Waals surface area contributed by atoms with Gasteiger partial charge in [0.15, 0.2) is 0 Å². The van der Waals surface area contributed by atoms with Crippen molar-refractivity contribution >= 4 is 12.3 Å². The molecule has 0 spiro atoms. The van der Waals surface area contributed by atoms with Crippen molar-refractivity contribution in [2.24, 2.45) is 5.92 Å². The van der Waals surface area contributed by atoms with Crippen molar-refractivity contribution < 1.29 is 14.3 Å². The van der Waals surface area contributed by atoms with Crippen molar-refractivity contribution in [1.29, 1.82) is 0 Å². The van der Waals surface area contributed by atoms with E-state index in [1.165, 1.54) is 6.92 Å². The van der Waals surface area contributed by atoms with Crippen molar-refractivity contribution in [2.45, 2.75) is 33.3 Å². The van der Waals surface area contributed by atoms with Crippen molar-refractivity contribution in [3.63, 3.8) is 0 Å². The van der Waals surface area contributed by atoms with Crippen LogP contribution in [-0.4, -0.2) is 18.4 Å². The van der Waals surface area contributed by atoms with Crippen molar-refractivity contribution in [3.8, 4) is 0 Å². The molecule has 63 valence electrons. The van der Waals surface area contributed by atoms with Crippen LogP contribution in [-0.2, 0) is 14.3 Å². The zero-order valence-corrected chi connectivity index (χ0v) is 7.09. The molecule has 0 aromatic heterocycles. The summed E-state index contributed by atoms with van der Waals surface area (Å²) >= 11 is 0. The molecule has 0 saturated carbocycles. The van der Waals surface area contributed by atoms with Gasteiger partial charge in [0.2, 0.25) is 6.29 Å². The van der Waals surface area contributed by atoms with Gasteiger partial charge in [-0.2, -0.15) is 0 Å². The van der Waals surface area contributed by atoms with E-state index in [-0.39, 0.29) is 18.0 Å². The Labute approximate surface area is 66.7 Å². The normalized spacial score (nSPS) is 15.2. The lowest BCUT2D eigenvalue weighted by atomic mass is 10.0. The first kappa shape index (κ1) is 10.1. The second-order valence-corrected chi connectivity index (χ2v) is 2.46. The molecule has 0 bridgehead atoms. The smallest absolute Gasteiger partial charge is 0.302 e. The molecule has 0 N–H and O–H groups in total. The highest BCUT2D eigenvalue weighted by Gasteiger charge is 2.17. The molecule has 0 aromatic rings. The van der Waals surface area contributed by atoms with E-state index in [4.69, 9.17) is 4.74 Å². The molecular weight excluding hydrogens is 144 g/mol. The molecule has 2 atom stereocenters. The van der Waals surface area contributed by atoms with E-state index in [0.29, 0.717) is 6.42 Å². The first-order chi connectivity index (χ1) is 5.11. The minimum atomic E-state index is -0.348. The Kier molecular flexibility index (Phi) is 4.50. The molecule has 0 aliphatic heterocycles. The Balaban J connectivity index is 3.93. The zero-order chi connectivity index (χ0) is 8.85. The summed E-state index contributed by atoms with van der Waals surface area (Å²) in [4.78, 5) is 20.7. The average Bonchev–Trinajstić information content (AvgIpc) is 1.98. The van der Waals surface area contributed by atoms with E-state index in [2.05, 4.69) is 0 Å². The minimum absolute atomic E-state index is 0.315. The van der Waals surface area contributed by atoms with Gasteiger partial charge in [-0.05, 0) is 6.42 Å². The first-order valence-electron chi connectivity index (χ1n) is 3.66. The summed E-state index contributed by atoms with van der Waals surface area (Å²) in [5, 5.41) is 0. The molecular formula is C8H13O3. The van der Waals surface area contributed by atoms with Gasteiger partial charge >= 0.3 is 5.97 Å². The third-order valence-electron chi connectivity index (χ3n) is 1.46. The maximum absolute atomic E-state index is 10.5. The van der Waals surface area contributed by atoms with Gasteiger partial charge in [0.25, 0.3) is 0 Å². The van der Waals surface area contributed by atoms with Gasteiger partial charge in [-0.25, -0.2) is 0 Å². The van der Waals surface area contributed by atoms with Gasteiger partial charge in [0.1, 0.15) is 6.10 Å². The molecule has 11 heavy (non-hydrogen) atoms. The van der Waals surface area contributed by atoms with Crippen LogP contribution in [0.15, 0.2) is 0 Å². The monoisotopic (exact) mass is 157 g/mol. The van der Waals surface area contributed by atoms with E-state index in [0.717, 1.165) is 0 Å². The highest BCUT2D eigenvalue weighted by molar-refractivity contribution is 5.66. The fourth-order valence-electron chi connectivity index (χ4n) is 0.828. The van der Waals surface area contributed by atoms with Crippen molar-refractivity contribution in [1.82, 2.24) is 0 Å². The predicted molar refractivity (Wildman–Crippen MR) is 40.7 cm³/mol. The second kappa shape index (κ2) is 4.88. The summed E-state index contributed by atoms with van der Waals surface area (Å²) in [6.45, 7) is 4.88. The van der Waals surface area contributed by atoms with Gasteiger partial charge < -0.3 is 4.74 Å². The Morgan fingerprint density at radius 1 is 1.64 bits per heavy atom. The number of rotatable bonds is 4. The number of hydrogen-bond acceptors (Lipinski definition) is 3.